The molecule has 2 heterocycles. The number of nitrogens with zero attached hydrogens (tertiary/aromatic N) is 2. The van der Waals surface area contributed by atoms with Crippen LogP contribution in [0.25, 0.3) is 0 Å². The number of hydrogen-bond acceptors (Lipinski definition) is 4. The summed E-state index contributed by atoms with van der Waals surface area (Å²) in [5, 5.41) is 0. The van der Waals surface area contributed by atoms with Crippen molar-refractivity contribution in [1.82, 2.24) is 9.80 Å². The van der Waals surface area contributed by atoms with Crippen molar-refractivity contribution in [1.29, 1.82) is 0 Å². The van der Waals surface area contributed by atoms with Crippen molar-refractivity contribution < 1.29 is 14.3 Å². The fourth-order valence-electron chi connectivity index (χ4n) is 4.46. The third-order valence-electron chi connectivity index (χ3n) is 6.09. The zero-order valence-corrected chi connectivity index (χ0v) is 19.8. The average molecular weight is 453 g/mol. The number of hydrogen-bond donors (Lipinski definition) is 0. The Bertz CT molecular complexity index is 941. The van der Waals surface area contributed by atoms with E-state index in [9.17, 15) is 9.59 Å². The number of ether oxygens (including phenoxy) is 1. The zero-order valence-electron chi connectivity index (χ0n) is 19.0. The Morgan fingerprint density at radius 3 is 2.50 bits per heavy atom. The van der Waals surface area contributed by atoms with E-state index in [1.165, 1.54) is 5.56 Å². The third-order valence-corrected chi connectivity index (χ3v) is 7.03. The van der Waals surface area contributed by atoms with E-state index in [0.29, 0.717) is 24.6 Å². The highest BCUT2D eigenvalue weighted by Crippen LogP contribution is 2.37. The monoisotopic (exact) mass is 452 g/mol. The van der Waals surface area contributed by atoms with Crippen LogP contribution in [0.3, 0.4) is 0 Å². The molecule has 0 aromatic heterocycles. The Balaban J connectivity index is 1.57. The summed E-state index contributed by atoms with van der Waals surface area (Å²) in [6.07, 6.45) is 1.37. The first-order chi connectivity index (χ1) is 15.5. The molecule has 0 aliphatic carbocycles. The Morgan fingerprint density at radius 1 is 1.03 bits per heavy atom. The molecular weight excluding hydrogens is 420 g/mol. The van der Waals surface area contributed by atoms with Gasteiger partial charge in [-0.05, 0) is 41.2 Å². The molecule has 32 heavy (non-hydrogen) atoms. The number of fused-ring (bicyclic) bond motifs is 1. The van der Waals surface area contributed by atoms with E-state index in [0.717, 1.165) is 42.1 Å². The van der Waals surface area contributed by atoms with Crippen LogP contribution < -0.4 is 4.74 Å². The Morgan fingerprint density at radius 2 is 1.78 bits per heavy atom. The lowest BCUT2D eigenvalue weighted by Gasteiger charge is -2.38. The first kappa shape index (κ1) is 22.7. The van der Waals surface area contributed by atoms with Gasteiger partial charge in [0.25, 0.3) is 5.91 Å². The van der Waals surface area contributed by atoms with Crippen LogP contribution in [0.5, 0.6) is 5.75 Å². The van der Waals surface area contributed by atoms with E-state index in [2.05, 4.69) is 32.0 Å². The maximum Gasteiger partial charge on any atom is 0.260 e. The second-order valence-corrected chi connectivity index (χ2v) is 10.1. The molecule has 6 heteroatoms. The average Bonchev–Trinajstić information content (AvgIpc) is 2.82. The lowest BCUT2D eigenvalue weighted by atomic mass is 9.87. The van der Waals surface area contributed by atoms with Gasteiger partial charge in [-0.25, -0.2) is 0 Å². The van der Waals surface area contributed by atoms with Gasteiger partial charge in [0.15, 0.2) is 6.61 Å². The fraction of sp³-hybridized carbons (Fsp3) is 0.462. The van der Waals surface area contributed by atoms with Crippen molar-refractivity contribution in [2.24, 2.45) is 5.92 Å². The zero-order chi connectivity index (χ0) is 22.5. The Labute approximate surface area is 195 Å². The molecule has 1 fully saturated rings. The highest BCUT2D eigenvalue weighted by molar-refractivity contribution is 7.99. The molecule has 0 N–H and O–H groups in total. The van der Waals surface area contributed by atoms with Crippen molar-refractivity contribution in [3.63, 3.8) is 0 Å². The van der Waals surface area contributed by atoms with Gasteiger partial charge >= 0.3 is 0 Å². The summed E-state index contributed by atoms with van der Waals surface area (Å²) >= 11 is 1.88. The van der Waals surface area contributed by atoms with Crippen molar-refractivity contribution in [2.75, 3.05) is 37.7 Å². The number of rotatable bonds is 6. The SMILES string of the molecule is CC(C)CC(=O)N1CCc2ccc(OCC(=O)N3CCSCC3)cc2C1c1ccccc1. The molecule has 2 aliphatic rings. The summed E-state index contributed by atoms with van der Waals surface area (Å²) in [7, 11) is 0. The van der Waals surface area contributed by atoms with E-state index < -0.39 is 0 Å². The maximum absolute atomic E-state index is 13.1. The largest absolute Gasteiger partial charge is 0.484 e. The van der Waals surface area contributed by atoms with Crippen molar-refractivity contribution in [3.8, 4) is 5.75 Å². The minimum absolute atomic E-state index is 0.0383. The van der Waals surface area contributed by atoms with Gasteiger partial charge in [-0.3, -0.25) is 9.59 Å². The van der Waals surface area contributed by atoms with Gasteiger partial charge < -0.3 is 14.5 Å². The van der Waals surface area contributed by atoms with Gasteiger partial charge in [0.2, 0.25) is 5.91 Å². The van der Waals surface area contributed by atoms with Crippen molar-refractivity contribution in [3.05, 3.63) is 65.2 Å². The summed E-state index contributed by atoms with van der Waals surface area (Å²) in [6, 6.07) is 16.1. The molecule has 1 atom stereocenters. The molecule has 0 bridgehead atoms. The van der Waals surface area contributed by atoms with Gasteiger partial charge in [-0.2, -0.15) is 11.8 Å². The van der Waals surface area contributed by atoms with Gasteiger partial charge in [0.05, 0.1) is 6.04 Å². The Hall–Kier alpha value is -2.47. The van der Waals surface area contributed by atoms with Crippen LogP contribution in [0.15, 0.2) is 48.5 Å². The molecule has 0 saturated carbocycles. The molecule has 4 rings (SSSR count). The molecule has 2 aliphatic heterocycles. The number of benzene rings is 2. The topological polar surface area (TPSA) is 49.9 Å². The number of carbonyl (C=O) groups excluding carboxylic acids is 2. The van der Waals surface area contributed by atoms with Crippen molar-refractivity contribution >= 4 is 23.6 Å². The second-order valence-electron chi connectivity index (χ2n) is 8.89. The van der Waals surface area contributed by atoms with Gasteiger partial charge in [-0.15, -0.1) is 0 Å². The minimum Gasteiger partial charge on any atom is -0.484 e. The molecular formula is C26H32N2O3S. The Kier molecular flexibility index (Phi) is 7.40. The summed E-state index contributed by atoms with van der Waals surface area (Å²) in [6.45, 7) is 6.51. The van der Waals surface area contributed by atoms with Gasteiger partial charge in [-0.1, -0.05) is 50.2 Å². The molecule has 1 unspecified atom stereocenters. The van der Waals surface area contributed by atoms with Crippen LogP contribution >= 0.6 is 11.8 Å². The van der Waals surface area contributed by atoms with Crippen LogP contribution in [-0.2, 0) is 16.0 Å². The molecule has 170 valence electrons. The molecule has 2 amide bonds. The first-order valence-corrected chi connectivity index (χ1v) is 12.6. The molecule has 1 saturated heterocycles. The molecule has 5 nitrogen and oxygen atoms in total. The quantitative estimate of drug-likeness (QED) is 0.660. The second kappa shape index (κ2) is 10.4. The van der Waals surface area contributed by atoms with E-state index in [1.807, 2.05) is 51.9 Å². The summed E-state index contributed by atoms with van der Waals surface area (Å²) < 4.78 is 5.93. The van der Waals surface area contributed by atoms with Crippen LogP contribution in [0.1, 0.15) is 43.0 Å². The van der Waals surface area contributed by atoms with Crippen molar-refractivity contribution in [2.45, 2.75) is 32.7 Å². The number of carbonyl (C=O) groups is 2. The van der Waals surface area contributed by atoms with E-state index in [4.69, 9.17) is 4.74 Å². The third kappa shape index (κ3) is 5.29. The summed E-state index contributed by atoms with van der Waals surface area (Å²) in [4.78, 5) is 29.5. The molecule has 0 spiro atoms. The van der Waals surface area contributed by atoms with Crippen LogP contribution in [0, 0.1) is 5.92 Å². The molecule has 2 aromatic rings. The molecule has 0 radical (unpaired) electrons. The lowest BCUT2D eigenvalue weighted by molar-refractivity contribution is -0.134. The summed E-state index contributed by atoms with van der Waals surface area (Å²) in [5.41, 5.74) is 3.43. The number of amides is 2. The van der Waals surface area contributed by atoms with E-state index in [1.54, 1.807) is 0 Å². The number of thioether (sulfide) groups is 1. The summed E-state index contributed by atoms with van der Waals surface area (Å²) in [5.74, 6) is 3.20. The van der Waals surface area contributed by atoms with E-state index >= 15 is 0 Å². The first-order valence-electron chi connectivity index (χ1n) is 11.5. The van der Waals surface area contributed by atoms with Crippen LogP contribution in [0.4, 0.5) is 0 Å². The van der Waals surface area contributed by atoms with Crippen LogP contribution in [-0.4, -0.2) is 59.4 Å². The lowest BCUT2D eigenvalue weighted by Crippen LogP contribution is -2.41. The highest BCUT2D eigenvalue weighted by Gasteiger charge is 2.32. The smallest absolute Gasteiger partial charge is 0.260 e. The predicted molar refractivity (Wildman–Crippen MR) is 129 cm³/mol. The fourth-order valence-corrected chi connectivity index (χ4v) is 5.37. The molecule has 2 aromatic carbocycles. The normalized spacial score (nSPS) is 18.4. The van der Waals surface area contributed by atoms with Crippen LogP contribution in [0.2, 0.25) is 0 Å². The standard InChI is InChI=1S/C26H32N2O3S/c1-19(2)16-24(29)28-11-10-20-8-9-22(31-18-25(30)27-12-14-32-15-13-27)17-23(20)26(28)21-6-4-3-5-7-21/h3-9,17,19,26H,10-16,18H2,1-2H3. The minimum atomic E-state index is -0.135. The van der Waals surface area contributed by atoms with Gasteiger partial charge in [0, 0.05) is 37.6 Å². The van der Waals surface area contributed by atoms with E-state index in [-0.39, 0.29) is 24.5 Å². The maximum atomic E-state index is 13.1. The highest BCUT2D eigenvalue weighted by atomic mass is 32.2. The predicted octanol–water partition coefficient (Wildman–Crippen LogP) is 4.16. The van der Waals surface area contributed by atoms with Gasteiger partial charge in [0.1, 0.15) is 5.75 Å².